The fourth-order valence-corrected chi connectivity index (χ4v) is 2.22. The number of nitrogens with one attached hydrogen (secondary N) is 1. The van der Waals surface area contributed by atoms with Gasteiger partial charge in [-0.1, -0.05) is 36.4 Å². The fraction of sp³-hybridized carbons (Fsp3) is 0. The Hall–Kier alpha value is -1.74. The highest BCUT2D eigenvalue weighted by Crippen LogP contribution is 2.22. The number of aromatic nitrogens is 1. The molecule has 15 heavy (non-hydrogen) atoms. The topological polar surface area (TPSA) is 28.9 Å². The maximum atomic E-state index is 5.54. The number of fused-ring (bicyclic) bond motifs is 3. The second-order valence-electron chi connectivity index (χ2n) is 3.31. The summed E-state index contributed by atoms with van der Waals surface area (Å²) in [6.45, 7) is 0. The zero-order valence-electron chi connectivity index (χ0n) is 7.94. The molecule has 2 nitrogen and oxygen atoms in total. The van der Waals surface area contributed by atoms with Gasteiger partial charge in [-0.25, -0.2) is 0 Å². The summed E-state index contributed by atoms with van der Waals surface area (Å²) in [5.41, 5.74) is 1.99. The first-order chi connectivity index (χ1) is 7.45. The number of H-pyrrole nitrogens is 1. The Bertz CT molecular complexity index is 590. The van der Waals surface area contributed by atoms with Crippen molar-refractivity contribution in [2.24, 2.45) is 0 Å². The van der Waals surface area contributed by atoms with Gasteiger partial charge in [0.2, 0.25) is 0 Å². The second-order valence-corrected chi connectivity index (χ2v) is 3.85. The lowest BCUT2D eigenvalue weighted by Crippen LogP contribution is -1.71. The minimum absolute atomic E-state index is 0.903. The molecule has 2 aromatic carbocycles. The Morgan fingerprint density at radius 2 is 1.60 bits per heavy atom. The minimum Gasteiger partial charge on any atom is -0.386 e. The van der Waals surface area contributed by atoms with Crippen molar-refractivity contribution in [1.29, 1.82) is 0 Å². The molecule has 1 N–H and O–H groups in total. The third-order valence-corrected chi connectivity index (χ3v) is 2.95. The van der Waals surface area contributed by atoms with Crippen molar-refractivity contribution in [3.63, 3.8) is 0 Å². The van der Waals surface area contributed by atoms with E-state index in [1.54, 1.807) is 0 Å². The van der Waals surface area contributed by atoms with E-state index in [4.69, 9.17) is 3.85 Å². The molecular weight excluding hydrogens is 206 g/mol. The van der Waals surface area contributed by atoms with E-state index in [2.05, 4.69) is 16.5 Å². The van der Waals surface area contributed by atoms with Gasteiger partial charge >= 0.3 is 0 Å². The van der Waals surface area contributed by atoms with Crippen LogP contribution in [0.4, 0.5) is 0 Å². The van der Waals surface area contributed by atoms with Crippen LogP contribution < -0.4 is 0 Å². The van der Waals surface area contributed by atoms with Crippen LogP contribution >= 0.6 is 11.8 Å². The van der Waals surface area contributed by atoms with Gasteiger partial charge in [0.15, 0.2) is 5.58 Å². The summed E-state index contributed by atoms with van der Waals surface area (Å²) in [6, 6.07) is 16.2. The highest BCUT2D eigenvalue weighted by molar-refractivity contribution is 6.96. The molecule has 0 aliphatic heterocycles. The maximum absolute atomic E-state index is 5.54. The van der Waals surface area contributed by atoms with Crippen LogP contribution in [0.5, 0.6) is 0 Å². The van der Waals surface area contributed by atoms with E-state index >= 15 is 0 Å². The van der Waals surface area contributed by atoms with Gasteiger partial charge in [0.1, 0.15) is 11.8 Å². The zero-order valence-corrected chi connectivity index (χ0v) is 8.75. The molecule has 0 aliphatic rings. The monoisotopic (exact) mass is 215 g/mol. The summed E-state index contributed by atoms with van der Waals surface area (Å²) in [7, 11) is 0. The maximum Gasteiger partial charge on any atom is 0.153 e. The zero-order chi connectivity index (χ0) is 10.1. The fourth-order valence-electron chi connectivity index (χ4n) is 1.68. The summed E-state index contributed by atoms with van der Waals surface area (Å²) >= 11 is 1.25. The number of para-hydroxylation sites is 2. The number of hydrogen-bond donors (Lipinski definition) is 1. The van der Waals surface area contributed by atoms with E-state index in [0.717, 1.165) is 16.5 Å². The first-order valence-electron chi connectivity index (χ1n) is 4.73. The van der Waals surface area contributed by atoms with E-state index < -0.39 is 0 Å². The predicted molar refractivity (Wildman–Crippen MR) is 63.6 cm³/mol. The Morgan fingerprint density at radius 1 is 0.867 bits per heavy atom. The van der Waals surface area contributed by atoms with E-state index in [1.807, 2.05) is 36.4 Å². The third kappa shape index (κ3) is 1.41. The second kappa shape index (κ2) is 3.44. The molecule has 0 atom stereocenters. The van der Waals surface area contributed by atoms with Gasteiger partial charge in [-0.2, -0.15) is 0 Å². The molecule has 0 aliphatic carbocycles. The first kappa shape index (κ1) is 8.56. The molecule has 3 heteroatoms. The molecule has 0 spiro atoms. The molecule has 1 aromatic heterocycles. The van der Waals surface area contributed by atoms with Crippen molar-refractivity contribution in [1.82, 2.24) is 4.37 Å². The van der Waals surface area contributed by atoms with Crippen LogP contribution in [0.25, 0.3) is 21.9 Å². The number of rotatable bonds is 0. The lowest BCUT2D eigenvalue weighted by atomic mass is 10.1. The standard InChI is InChI=1S/C12H9NOS/c1-3-7-11-9(5-1)10-6-2-4-8-12(10)14-15-13-11/h1-8,13H. The van der Waals surface area contributed by atoms with Gasteiger partial charge in [-0.05, 0) is 12.1 Å². The van der Waals surface area contributed by atoms with Crippen LogP contribution in [0.2, 0.25) is 0 Å². The summed E-state index contributed by atoms with van der Waals surface area (Å²) in [4.78, 5) is 0. The van der Waals surface area contributed by atoms with Gasteiger partial charge in [-0.15, -0.1) is 0 Å². The number of aromatic amines is 1. The molecule has 0 unspecified atom stereocenters. The van der Waals surface area contributed by atoms with E-state index in [-0.39, 0.29) is 0 Å². The predicted octanol–water partition coefficient (Wildman–Crippen LogP) is 4.10. The number of benzene rings is 2. The largest absolute Gasteiger partial charge is 0.386 e. The molecule has 0 fully saturated rings. The van der Waals surface area contributed by atoms with Crippen LogP contribution in [-0.4, -0.2) is 4.37 Å². The third-order valence-electron chi connectivity index (χ3n) is 2.39. The van der Waals surface area contributed by atoms with Crippen LogP contribution in [0.1, 0.15) is 0 Å². The van der Waals surface area contributed by atoms with Crippen molar-refractivity contribution in [2.45, 2.75) is 0 Å². The van der Waals surface area contributed by atoms with Gasteiger partial charge in [0.25, 0.3) is 0 Å². The summed E-state index contributed by atoms with van der Waals surface area (Å²) < 4.78 is 8.70. The molecule has 74 valence electrons. The van der Waals surface area contributed by atoms with Gasteiger partial charge in [-0.3, -0.25) is 4.37 Å². The Kier molecular flexibility index (Phi) is 1.96. The van der Waals surface area contributed by atoms with Crippen molar-refractivity contribution in [2.75, 3.05) is 0 Å². The van der Waals surface area contributed by atoms with E-state index in [9.17, 15) is 0 Å². The molecule has 0 saturated carbocycles. The quantitative estimate of drug-likeness (QED) is 0.601. The van der Waals surface area contributed by atoms with E-state index in [0.29, 0.717) is 0 Å². The summed E-state index contributed by atoms with van der Waals surface area (Å²) in [6.07, 6.45) is 0. The highest BCUT2D eigenvalue weighted by atomic mass is 32.1. The summed E-state index contributed by atoms with van der Waals surface area (Å²) in [5, 5.41) is 2.31. The van der Waals surface area contributed by atoms with Crippen LogP contribution in [-0.2, 0) is 0 Å². The SMILES string of the molecule is c1ccc2c(c1)[nH]soc1ccccc12. The summed E-state index contributed by atoms with van der Waals surface area (Å²) in [5.74, 6) is 0. The highest BCUT2D eigenvalue weighted by Gasteiger charge is 1.98. The molecule has 3 rings (SSSR count). The lowest BCUT2D eigenvalue weighted by molar-refractivity contribution is 0.743. The van der Waals surface area contributed by atoms with Gasteiger partial charge in [0.05, 0.1) is 5.52 Å². The smallest absolute Gasteiger partial charge is 0.153 e. The normalized spacial score (nSPS) is 10.7. The van der Waals surface area contributed by atoms with Crippen LogP contribution in [0.15, 0.2) is 52.4 Å². The molecule has 0 amide bonds. The van der Waals surface area contributed by atoms with Crippen LogP contribution in [0, 0.1) is 0 Å². The Morgan fingerprint density at radius 3 is 2.53 bits per heavy atom. The van der Waals surface area contributed by atoms with Gasteiger partial charge in [0, 0.05) is 10.8 Å². The van der Waals surface area contributed by atoms with Crippen LogP contribution in [0.3, 0.4) is 0 Å². The average molecular weight is 215 g/mol. The van der Waals surface area contributed by atoms with Crippen molar-refractivity contribution < 1.29 is 3.85 Å². The molecular formula is C12H9NOS. The Labute approximate surface area is 90.8 Å². The molecule has 1 heterocycles. The number of hydrogen-bond acceptors (Lipinski definition) is 2. The Balaban J connectivity index is 2.65. The van der Waals surface area contributed by atoms with Crippen molar-refractivity contribution in [3.8, 4) is 0 Å². The average Bonchev–Trinajstić information content (AvgIpc) is 2.48. The molecule has 0 saturated heterocycles. The lowest BCUT2D eigenvalue weighted by Gasteiger charge is -1.93. The molecule has 0 bridgehead atoms. The van der Waals surface area contributed by atoms with Crippen molar-refractivity contribution >= 4 is 33.7 Å². The minimum atomic E-state index is 0.903. The van der Waals surface area contributed by atoms with Gasteiger partial charge < -0.3 is 3.85 Å². The molecule has 0 radical (unpaired) electrons. The van der Waals surface area contributed by atoms with E-state index in [1.165, 1.54) is 17.2 Å². The van der Waals surface area contributed by atoms with Crippen molar-refractivity contribution in [3.05, 3.63) is 48.5 Å². The first-order valence-corrected chi connectivity index (χ1v) is 5.47. The molecule has 3 aromatic rings.